The van der Waals surface area contributed by atoms with Crippen molar-refractivity contribution in [3.63, 3.8) is 0 Å². The molecule has 0 aromatic carbocycles. The van der Waals surface area contributed by atoms with Gasteiger partial charge in [0.1, 0.15) is 12.3 Å². The van der Waals surface area contributed by atoms with Gasteiger partial charge in [-0.25, -0.2) is 4.98 Å². The first kappa shape index (κ1) is 17.6. The van der Waals surface area contributed by atoms with Crippen LogP contribution in [-0.2, 0) is 6.54 Å². The summed E-state index contributed by atoms with van der Waals surface area (Å²) < 4.78 is 10.2. The zero-order chi connectivity index (χ0) is 16.2. The van der Waals surface area contributed by atoms with Crippen LogP contribution in [0.3, 0.4) is 0 Å². The van der Waals surface area contributed by atoms with E-state index in [1.54, 1.807) is 25.4 Å². The molecular weight excluding hydrogens is 336 g/mol. The van der Waals surface area contributed by atoms with E-state index >= 15 is 0 Å². The van der Waals surface area contributed by atoms with Gasteiger partial charge < -0.3 is 20.0 Å². The maximum absolute atomic E-state index is 12.1. The van der Waals surface area contributed by atoms with E-state index in [4.69, 9.17) is 14.7 Å². The lowest BCUT2D eigenvalue weighted by molar-refractivity contribution is 0.0927. The van der Waals surface area contributed by atoms with E-state index in [1.165, 1.54) is 6.26 Å². The summed E-state index contributed by atoms with van der Waals surface area (Å²) in [6.45, 7) is 1.85. The molecule has 0 aliphatic heterocycles. The first-order valence-corrected chi connectivity index (χ1v) is 6.86. The minimum Gasteiger partial charge on any atom is -0.447 e. The van der Waals surface area contributed by atoms with Gasteiger partial charge in [0.05, 0.1) is 6.54 Å². The average Bonchev–Trinajstić information content (AvgIpc) is 3.25. The molecule has 3 heterocycles. The third-order valence-electron chi connectivity index (χ3n) is 3.04. The number of nitrogens with one attached hydrogen (secondary N) is 1. The maximum Gasteiger partial charge on any atom is 0.273 e. The molecule has 0 spiro atoms. The SMILES string of the molecule is CC(NC(=O)c1coc(CN)n1)c1nc(-c2cccnc2)no1.Cl. The number of rotatable bonds is 5. The van der Waals surface area contributed by atoms with E-state index in [9.17, 15) is 4.79 Å². The maximum atomic E-state index is 12.1. The van der Waals surface area contributed by atoms with Gasteiger partial charge in [-0.05, 0) is 19.1 Å². The molecule has 10 heteroatoms. The Morgan fingerprint density at radius 1 is 1.42 bits per heavy atom. The number of carbonyl (C=O) groups is 1. The number of aromatic nitrogens is 4. The van der Waals surface area contributed by atoms with Crippen molar-refractivity contribution in [1.29, 1.82) is 0 Å². The quantitative estimate of drug-likeness (QED) is 0.707. The van der Waals surface area contributed by atoms with E-state index in [0.717, 1.165) is 5.56 Å². The molecule has 0 aliphatic carbocycles. The van der Waals surface area contributed by atoms with Crippen molar-refractivity contribution in [3.05, 3.63) is 48.3 Å². The highest BCUT2D eigenvalue weighted by atomic mass is 35.5. The molecule has 3 aromatic rings. The highest BCUT2D eigenvalue weighted by Crippen LogP contribution is 2.17. The van der Waals surface area contributed by atoms with Crippen molar-refractivity contribution in [3.8, 4) is 11.4 Å². The Kier molecular flexibility index (Phi) is 5.61. The van der Waals surface area contributed by atoms with Gasteiger partial charge in [0.2, 0.25) is 17.6 Å². The summed E-state index contributed by atoms with van der Waals surface area (Å²) in [7, 11) is 0. The normalized spacial score (nSPS) is 11.6. The Morgan fingerprint density at radius 2 is 2.25 bits per heavy atom. The molecule has 0 fully saturated rings. The highest BCUT2D eigenvalue weighted by Gasteiger charge is 2.20. The largest absolute Gasteiger partial charge is 0.447 e. The standard InChI is InChI=1S/C14H14N6O3.ClH/c1-8(17-13(21)10-7-22-11(5-15)18-10)14-19-12(20-23-14)9-3-2-4-16-6-9;/h2-4,6-8H,5,15H2,1H3,(H,17,21);1H. The number of nitrogens with two attached hydrogens (primary N) is 1. The molecule has 0 saturated heterocycles. The predicted molar refractivity (Wildman–Crippen MR) is 85.1 cm³/mol. The third-order valence-corrected chi connectivity index (χ3v) is 3.04. The van der Waals surface area contributed by atoms with Crippen LogP contribution in [0.2, 0.25) is 0 Å². The van der Waals surface area contributed by atoms with E-state index in [1.807, 2.05) is 6.07 Å². The summed E-state index contributed by atoms with van der Waals surface area (Å²) in [5.41, 5.74) is 6.26. The Morgan fingerprint density at radius 3 is 2.92 bits per heavy atom. The second-order valence-electron chi connectivity index (χ2n) is 4.72. The molecule has 0 aliphatic rings. The van der Waals surface area contributed by atoms with Crippen LogP contribution in [0.15, 0.2) is 39.7 Å². The number of hydrogen-bond donors (Lipinski definition) is 2. The average molecular weight is 351 g/mol. The third kappa shape index (κ3) is 3.76. The van der Waals surface area contributed by atoms with Crippen LogP contribution in [0.4, 0.5) is 0 Å². The number of pyridine rings is 1. The van der Waals surface area contributed by atoms with Crippen molar-refractivity contribution in [2.75, 3.05) is 0 Å². The molecule has 3 aromatic heterocycles. The van der Waals surface area contributed by atoms with Gasteiger partial charge in [-0.3, -0.25) is 9.78 Å². The second kappa shape index (κ2) is 7.66. The molecule has 0 saturated carbocycles. The monoisotopic (exact) mass is 350 g/mol. The zero-order valence-corrected chi connectivity index (χ0v) is 13.5. The fraction of sp³-hybridized carbons (Fsp3) is 0.214. The van der Waals surface area contributed by atoms with Crippen molar-refractivity contribution in [2.45, 2.75) is 19.5 Å². The fourth-order valence-corrected chi connectivity index (χ4v) is 1.86. The number of carbonyl (C=O) groups excluding carboxylic acids is 1. The van der Waals surface area contributed by atoms with E-state index in [0.29, 0.717) is 11.7 Å². The topological polar surface area (TPSA) is 133 Å². The zero-order valence-electron chi connectivity index (χ0n) is 12.7. The van der Waals surface area contributed by atoms with Gasteiger partial charge in [-0.15, -0.1) is 12.4 Å². The molecule has 3 N–H and O–H groups in total. The Balaban J connectivity index is 0.00000208. The van der Waals surface area contributed by atoms with Crippen LogP contribution in [0.5, 0.6) is 0 Å². The van der Waals surface area contributed by atoms with E-state index in [2.05, 4.69) is 25.4 Å². The Hall–Kier alpha value is -2.78. The van der Waals surface area contributed by atoms with Gasteiger partial charge in [-0.2, -0.15) is 4.98 Å². The van der Waals surface area contributed by atoms with Gasteiger partial charge in [0, 0.05) is 18.0 Å². The van der Waals surface area contributed by atoms with E-state index < -0.39 is 11.9 Å². The molecular formula is C14H15ClN6O3. The lowest BCUT2D eigenvalue weighted by atomic mass is 10.2. The van der Waals surface area contributed by atoms with Crippen molar-refractivity contribution in [2.24, 2.45) is 5.73 Å². The fourth-order valence-electron chi connectivity index (χ4n) is 1.86. The van der Waals surface area contributed by atoms with Crippen LogP contribution in [0.25, 0.3) is 11.4 Å². The van der Waals surface area contributed by atoms with Gasteiger partial charge in [0.15, 0.2) is 5.69 Å². The van der Waals surface area contributed by atoms with Crippen LogP contribution < -0.4 is 11.1 Å². The molecule has 1 unspecified atom stereocenters. The smallest absolute Gasteiger partial charge is 0.273 e. The highest BCUT2D eigenvalue weighted by molar-refractivity contribution is 5.92. The van der Waals surface area contributed by atoms with Gasteiger partial charge >= 0.3 is 0 Å². The van der Waals surface area contributed by atoms with Gasteiger partial charge in [-0.1, -0.05) is 5.16 Å². The van der Waals surface area contributed by atoms with Crippen molar-refractivity contribution >= 4 is 18.3 Å². The molecule has 0 bridgehead atoms. The van der Waals surface area contributed by atoms with Gasteiger partial charge in [0.25, 0.3) is 5.91 Å². The van der Waals surface area contributed by atoms with E-state index in [-0.39, 0.29) is 30.5 Å². The number of hydrogen-bond acceptors (Lipinski definition) is 8. The summed E-state index contributed by atoms with van der Waals surface area (Å²) in [6, 6.07) is 3.10. The lowest BCUT2D eigenvalue weighted by Gasteiger charge is -2.07. The number of amides is 1. The van der Waals surface area contributed by atoms with Crippen molar-refractivity contribution in [1.82, 2.24) is 25.4 Å². The number of oxazole rings is 1. The molecule has 9 nitrogen and oxygen atoms in total. The molecule has 24 heavy (non-hydrogen) atoms. The minimum absolute atomic E-state index is 0. The molecule has 126 valence electrons. The second-order valence-corrected chi connectivity index (χ2v) is 4.72. The predicted octanol–water partition coefficient (Wildman–Crippen LogP) is 1.49. The summed E-state index contributed by atoms with van der Waals surface area (Å²) in [5, 5.41) is 6.58. The number of halogens is 1. The first-order valence-electron chi connectivity index (χ1n) is 6.86. The Bertz CT molecular complexity index is 804. The van der Waals surface area contributed by atoms with Crippen molar-refractivity contribution < 1.29 is 13.7 Å². The summed E-state index contributed by atoms with van der Waals surface area (Å²) in [6.07, 6.45) is 4.53. The van der Waals surface area contributed by atoms with Crippen LogP contribution in [-0.4, -0.2) is 26.0 Å². The summed E-state index contributed by atoms with van der Waals surface area (Å²) >= 11 is 0. The molecule has 1 amide bonds. The lowest BCUT2D eigenvalue weighted by Crippen LogP contribution is -2.27. The minimum atomic E-state index is -0.488. The first-order chi connectivity index (χ1) is 11.2. The number of nitrogens with zero attached hydrogens (tertiary/aromatic N) is 4. The van der Waals surface area contributed by atoms with Crippen LogP contribution in [0.1, 0.15) is 35.2 Å². The molecule has 1 atom stereocenters. The molecule has 0 radical (unpaired) electrons. The summed E-state index contributed by atoms with van der Waals surface area (Å²) in [5.74, 6) is 0.558. The Labute approximate surface area is 143 Å². The van der Waals surface area contributed by atoms with Crippen LogP contribution >= 0.6 is 12.4 Å². The van der Waals surface area contributed by atoms with Crippen LogP contribution in [0, 0.1) is 0 Å². The summed E-state index contributed by atoms with van der Waals surface area (Å²) in [4.78, 5) is 24.3. The molecule has 3 rings (SSSR count).